The zero-order valence-electron chi connectivity index (χ0n) is 9.28. The molecule has 0 bridgehead atoms. The van der Waals surface area contributed by atoms with Gasteiger partial charge in [0.25, 0.3) is 0 Å². The fourth-order valence-corrected chi connectivity index (χ4v) is 0.804. The summed E-state index contributed by atoms with van der Waals surface area (Å²) in [7, 11) is 0. The summed E-state index contributed by atoms with van der Waals surface area (Å²) in [6.45, 7) is 5.67. The Balaban J connectivity index is 4.49. The zero-order valence-corrected chi connectivity index (χ0v) is 9.28. The van der Waals surface area contributed by atoms with Crippen molar-refractivity contribution in [1.29, 1.82) is 0 Å². The summed E-state index contributed by atoms with van der Waals surface area (Å²) in [6, 6.07) is 0. The zero-order chi connectivity index (χ0) is 11.7. The maximum absolute atomic E-state index is 11.1. The molecule has 0 spiro atoms. The van der Waals surface area contributed by atoms with Gasteiger partial charge >= 0.3 is 5.97 Å². The van der Waals surface area contributed by atoms with E-state index in [1.807, 2.05) is 0 Å². The molecule has 0 heterocycles. The summed E-state index contributed by atoms with van der Waals surface area (Å²) in [5.41, 5.74) is 0. The molecule has 0 aromatic rings. The van der Waals surface area contributed by atoms with E-state index in [4.69, 9.17) is 9.47 Å². The third-order valence-electron chi connectivity index (χ3n) is 1.34. The number of ketones is 1. The van der Waals surface area contributed by atoms with Gasteiger partial charge in [0, 0.05) is 0 Å². The summed E-state index contributed by atoms with van der Waals surface area (Å²) in [4.78, 5) is 21.8. The number of rotatable bonds is 6. The number of ether oxygens (including phenoxy) is 2. The summed E-state index contributed by atoms with van der Waals surface area (Å²) in [5, 5.41) is 0. The Morgan fingerprint density at radius 2 is 1.67 bits per heavy atom. The van der Waals surface area contributed by atoms with E-state index in [0.29, 0.717) is 19.0 Å². The molecule has 0 aromatic heterocycles. The van der Waals surface area contributed by atoms with Crippen molar-refractivity contribution in [3.8, 4) is 0 Å². The molecule has 0 unspecified atom stereocenters. The van der Waals surface area contributed by atoms with Crippen LogP contribution in [0, 0.1) is 0 Å². The van der Waals surface area contributed by atoms with E-state index in [1.54, 1.807) is 13.8 Å². The Morgan fingerprint density at radius 3 is 2.13 bits per heavy atom. The second-order valence-electron chi connectivity index (χ2n) is 2.68. The van der Waals surface area contributed by atoms with E-state index in [1.165, 1.54) is 25.2 Å². The Bertz CT molecular complexity index is 276. The van der Waals surface area contributed by atoms with Crippen LogP contribution in [-0.2, 0) is 19.1 Å². The molecule has 0 aliphatic carbocycles. The number of hydrogen-bond acceptors (Lipinski definition) is 4. The number of hydrogen-bond donors (Lipinski definition) is 0. The molecular formula is C11H16O4. The first-order chi connectivity index (χ1) is 7.10. The Hall–Kier alpha value is -1.58. The van der Waals surface area contributed by atoms with Crippen molar-refractivity contribution in [2.75, 3.05) is 13.2 Å². The van der Waals surface area contributed by atoms with E-state index < -0.39 is 5.97 Å². The molecular weight excluding hydrogens is 196 g/mol. The minimum atomic E-state index is -0.478. The van der Waals surface area contributed by atoms with Crippen LogP contribution in [0.3, 0.4) is 0 Å². The van der Waals surface area contributed by atoms with Crippen molar-refractivity contribution < 1.29 is 19.1 Å². The average molecular weight is 212 g/mol. The largest absolute Gasteiger partial charge is 0.494 e. The molecule has 15 heavy (non-hydrogen) atoms. The van der Waals surface area contributed by atoms with Crippen LogP contribution in [0.5, 0.6) is 0 Å². The fraction of sp³-hybridized carbons (Fsp3) is 0.455. The van der Waals surface area contributed by atoms with Crippen LogP contribution in [0.1, 0.15) is 20.8 Å². The summed E-state index contributed by atoms with van der Waals surface area (Å²) >= 11 is 0. The van der Waals surface area contributed by atoms with Crippen LogP contribution in [0.2, 0.25) is 0 Å². The predicted molar refractivity (Wildman–Crippen MR) is 56.2 cm³/mol. The number of esters is 1. The monoisotopic (exact) mass is 212 g/mol. The molecule has 4 heteroatoms. The highest BCUT2D eigenvalue weighted by atomic mass is 16.5. The molecule has 0 aromatic carbocycles. The molecule has 84 valence electrons. The third kappa shape index (κ3) is 7.49. The maximum Gasteiger partial charge on any atom is 0.334 e. The van der Waals surface area contributed by atoms with Gasteiger partial charge in [0.15, 0.2) is 5.78 Å². The van der Waals surface area contributed by atoms with Crippen molar-refractivity contribution in [1.82, 2.24) is 0 Å². The molecule has 0 aliphatic rings. The predicted octanol–water partition coefficient (Wildman–Crippen LogP) is 1.62. The van der Waals surface area contributed by atoms with Crippen molar-refractivity contribution in [3.63, 3.8) is 0 Å². The lowest BCUT2D eigenvalue weighted by Gasteiger charge is -2.03. The van der Waals surface area contributed by atoms with Gasteiger partial charge in [0.05, 0.1) is 19.3 Å². The van der Waals surface area contributed by atoms with Crippen LogP contribution >= 0.6 is 0 Å². The van der Waals surface area contributed by atoms with Crippen molar-refractivity contribution in [3.05, 3.63) is 24.0 Å². The summed E-state index contributed by atoms with van der Waals surface area (Å²) in [5.74, 6) is -0.259. The van der Waals surface area contributed by atoms with Gasteiger partial charge in [-0.15, -0.1) is 0 Å². The minimum absolute atomic E-state index is 0.107. The molecule has 0 fully saturated rings. The number of carbonyl (C=O) groups is 2. The third-order valence-corrected chi connectivity index (χ3v) is 1.34. The first kappa shape index (κ1) is 13.4. The lowest BCUT2D eigenvalue weighted by Crippen LogP contribution is -2.02. The van der Waals surface area contributed by atoms with Crippen LogP contribution in [0.15, 0.2) is 24.0 Å². The quantitative estimate of drug-likeness (QED) is 0.290. The van der Waals surface area contributed by atoms with Gasteiger partial charge in [-0.1, -0.05) is 0 Å². The van der Waals surface area contributed by atoms with Crippen molar-refractivity contribution >= 4 is 11.8 Å². The Kier molecular flexibility index (Phi) is 6.97. The molecule has 0 saturated carbocycles. The van der Waals surface area contributed by atoms with E-state index in [0.717, 1.165) is 0 Å². The van der Waals surface area contributed by atoms with Gasteiger partial charge in [-0.3, -0.25) is 4.79 Å². The highest BCUT2D eigenvalue weighted by Gasteiger charge is 2.00. The maximum atomic E-state index is 11.1. The van der Waals surface area contributed by atoms with Gasteiger partial charge in [-0.2, -0.15) is 0 Å². The topological polar surface area (TPSA) is 52.6 Å². The summed E-state index contributed by atoms with van der Waals surface area (Å²) in [6.07, 6.45) is 4.00. The van der Waals surface area contributed by atoms with Gasteiger partial charge < -0.3 is 9.47 Å². The first-order valence-electron chi connectivity index (χ1n) is 4.80. The van der Waals surface area contributed by atoms with Crippen LogP contribution < -0.4 is 0 Å². The van der Waals surface area contributed by atoms with E-state index in [-0.39, 0.29) is 5.78 Å². The fourth-order valence-electron chi connectivity index (χ4n) is 0.804. The highest BCUT2D eigenvalue weighted by Crippen LogP contribution is 2.00. The highest BCUT2D eigenvalue weighted by molar-refractivity contribution is 5.88. The van der Waals surface area contributed by atoms with Crippen LogP contribution in [0.25, 0.3) is 0 Å². The molecule has 0 N–H and O–H groups in total. The van der Waals surface area contributed by atoms with Crippen LogP contribution in [0.4, 0.5) is 0 Å². The Morgan fingerprint density at radius 1 is 1.07 bits per heavy atom. The van der Waals surface area contributed by atoms with Gasteiger partial charge in [-0.25, -0.2) is 4.79 Å². The van der Waals surface area contributed by atoms with E-state index in [2.05, 4.69) is 0 Å². The second-order valence-corrected chi connectivity index (χ2v) is 2.68. The molecule has 0 saturated heterocycles. The minimum Gasteiger partial charge on any atom is -0.494 e. The molecule has 4 nitrogen and oxygen atoms in total. The smallest absolute Gasteiger partial charge is 0.334 e. The van der Waals surface area contributed by atoms with Gasteiger partial charge in [-0.05, 0) is 32.9 Å². The van der Waals surface area contributed by atoms with Gasteiger partial charge in [0.2, 0.25) is 0 Å². The standard InChI is InChI=1S/C11H16O4/c1-4-14-10(7-6-9(3)12)8-11(13)15-5-2/h6-8H,4-5H2,1-3H3/b7-6+,10-8+. The SMILES string of the molecule is CCOC(=O)/C=C(\C=C\C(C)=O)OCC. The van der Waals surface area contributed by atoms with Gasteiger partial charge in [0.1, 0.15) is 5.76 Å². The Labute approximate surface area is 89.6 Å². The normalized spacial score (nSPS) is 11.5. The number of carbonyl (C=O) groups excluding carboxylic acids is 2. The average Bonchev–Trinajstić information content (AvgIpc) is 2.15. The number of allylic oxidation sites excluding steroid dienone is 2. The molecule has 0 rings (SSSR count). The first-order valence-corrected chi connectivity index (χ1v) is 4.80. The van der Waals surface area contributed by atoms with E-state index >= 15 is 0 Å². The molecule has 0 atom stereocenters. The second kappa shape index (κ2) is 7.79. The van der Waals surface area contributed by atoms with Crippen molar-refractivity contribution in [2.24, 2.45) is 0 Å². The molecule has 0 radical (unpaired) electrons. The lowest BCUT2D eigenvalue weighted by atomic mass is 10.3. The molecule has 0 aliphatic heterocycles. The van der Waals surface area contributed by atoms with E-state index in [9.17, 15) is 9.59 Å². The molecule has 0 amide bonds. The van der Waals surface area contributed by atoms with Crippen molar-refractivity contribution in [2.45, 2.75) is 20.8 Å². The summed E-state index contributed by atoms with van der Waals surface area (Å²) < 4.78 is 9.84. The van der Waals surface area contributed by atoms with Crippen LogP contribution in [-0.4, -0.2) is 25.0 Å². The lowest BCUT2D eigenvalue weighted by molar-refractivity contribution is -0.137.